The molecule has 0 amide bonds. The van der Waals surface area contributed by atoms with Gasteiger partial charge in [0.25, 0.3) is 0 Å². The molecule has 0 aliphatic rings. The van der Waals surface area contributed by atoms with Gasteiger partial charge in [-0.15, -0.1) is 11.3 Å². The molecule has 1 aromatic heterocycles. The van der Waals surface area contributed by atoms with Crippen LogP contribution in [0.25, 0.3) is 0 Å². The number of aryl methyl sites for hydroxylation is 2. The van der Waals surface area contributed by atoms with Crippen LogP contribution in [0.5, 0.6) is 0 Å². The Morgan fingerprint density at radius 2 is 2.17 bits per heavy atom. The van der Waals surface area contributed by atoms with Crippen LogP contribution in [-0.2, 0) is 6.42 Å². The first-order valence-electron chi connectivity index (χ1n) is 4.32. The molecule has 0 fully saturated rings. The van der Waals surface area contributed by atoms with Crippen molar-refractivity contribution in [1.82, 2.24) is 4.98 Å². The maximum atomic E-state index is 5.86. The summed E-state index contributed by atoms with van der Waals surface area (Å²) in [6.45, 7) is 6.22. The van der Waals surface area contributed by atoms with E-state index < -0.39 is 0 Å². The summed E-state index contributed by atoms with van der Waals surface area (Å²) in [4.78, 5) is 5.71. The topological polar surface area (TPSA) is 38.9 Å². The predicted molar refractivity (Wildman–Crippen MR) is 53.6 cm³/mol. The van der Waals surface area contributed by atoms with E-state index >= 15 is 0 Å². The van der Waals surface area contributed by atoms with Crippen LogP contribution >= 0.6 is 11.3 Å². The zero-order chi connectivity index (χ0) is 9.14. The summed E-state index contributed by atoms with van der Waals surface area (Å²) < 4.78 is 0. The highest BCUT2D eigenvalue weighted by Crippen LogP contribution is 2.18. The third-order valence-corrected chi connectivity index (χ3v) is 3.07. The van der Waals surface area contributed by atoms with Gasteiger partial charge in [0.15, 0.2) is 0 Å². The van der Waals surface area contributed by atoms with E-state index in [2.05, 4.69) is 18.8 Å². The van der Waals surface area contributed by atoms with Crippen molar-refractivity contribution in [2.45, 2.75) is 39.7 Å². The van der Waals surface area contributed by atoms with Crippen LogP contribution in [0, 0.1) is 13.8 Å². The number of nitrogens with zero attached hydrogens (tertiary/aromatic N) is 1. The van der Waals surface area contributed by atoms with Gasteiger partial charge in [-0.1, -0.05) is 6.92 Å². The fourth-order valence-electron chi connectivity index (χ4n) is 1.15. The molecule has 1 rings (SSSR count). The Morgan fingerprint density at radius 3 is 2.58 bits per heavy atom. The van der Waals surface area contributed by atoms with Crippen LogP contribution in [0.15, 0.2) is 0 Å². The third-order valence-electron chi connectivity index (χ3n) is 1.97. The number of hydrogen-bond acceptors (Lipinski definition) is 3. The van der Waals surface area contributed by atoms with Gasteiger partial charge in [-0.05, 0) is 26.7 Å². The van der Waals surface area contributed by atoms with Crippen molar-refractivity contribution in [2.24, 2.45) is 5.73 Å². The summed E-state index contributed by atoms with van der Waals surface area (Å²) in [5.74, 6) is 0. The lowest BCUT2D eigenvalue weighted by Gasteiger charge is -2.05. The number of thiazole rings is 1. The first-order valence-corrected chi connectivity index (χ1v) is 5.13. The molecular formula is C9H16N2S. The summed E-state index contributed by atoms with van der Waals surface area (Å²) in [6.07, 6.45) is 2.02. The molecule has 1 atom stereocenters. The Labute approximate surface area is 77.8 Å². The molecule has 0 aromatic carbocycles. The van der Waals surface area contributed by atoms with E-state index in [0.717, 1.165) is 23.5 Å². The second kappa shape index (κ2) is 4.01. The predicted octanol–water partition coefficient (Wildman–Crippen LogP) is 2.04. The van der Waals surface area contributed by atoms with Crippen molar-refractivity contribution < 1.29 is 0 Å². The second-order valence-electron chi connectivity index (χ2n) is 3.11. The first kappa shape index (κ1) is 9.68. The molecule has 0 radical (unpaired) electrons. The summed E-state index contributed by atoms with van der Waals surface area (Å²) in [5.41, 5.74) is 7.02. The van der Waals surface area contributed by atoms with Crippen LogP contribution in [0.4, 0.5) is 0 Å². The summed E-state index contributed by atoms with van der Waals surface area (Å²) in [5, 5.41) is 1.14. The number of rotatable bonds is 3. The smallest absolute Gasteiger partial charge is 0.0900 e. The fourth-order valence-corrected chi connectivity index (χ4v) is 2.18. The normalized spacial score (nSPS) is 13.3. The largest absolute Gasteiger partial charge is 0.327 e. The lowest BCUT2D eigenvalue weighted by atomic mass is 10.1. The standard InChI is InChI=1S/C9H16N2S/c1-4-8(10)5-9-6(2)11-7(3)12-9/h8H,4-5,10H2,1-3H3. The molecular weight excluding hydrogens is 168 g/mol. The first-order chi connectivity index (χ1) is 5.63. The minimum absolute atomic E-state index is 0.295. The van der Waals surface area contributed by atoms with E-state index in [1.54, 1.807) is 11.3 Å². The van der Waals surface area contributed by atoms with Gasteiger partial charge in [0.2, 0.25) is 0 Å². The van der Waals surface area contributed by atoms with Gasteiger partial charge in [-0.2, -0.15) is 0 Å². The van der Waals surface area contributed by atoms with Gasteiger partial charge in [-0.3, -0.25) is 0 Å². The maximum Gasteiger partial charge on any atom is 0.0900 e. The average molecular weight is 184 g/mol. The molecule has 0 aliphatic carbocycles. The van der Waals surface area contributed by atoms with Crippen molar-refractivity contribution in [3.63, 3.8) is 0 Å². The highest BCUT2D eigenvalue weighted by Gasteiger charge is 2.07. The van der Waals surface area contributed by atoms with E-state index in [9.17, 15) is 0 Å². The Balaban J connectivity index is 2.68. The van der Waals surface area contributed by atoms with Gasteiger partial charge in [-0.25, -0.2) is 4.98 Å². The van der Waals surface area contributed by atoms with Crippen LogP contribution in [0.1, 0.15) is 28.9 Å². The molecule has 1 heterocycles. The summed E-state index contributed by atoms with van der Waals surface area (Å²) in [6, 6.07) is 0.295. The lowest BCUT2D eigenvalue weighted by Crippen LogP contribution is -2.21. The Kier molecular flexibility index (Phi) is 3.23. The fraction of sp³-hybridized carbons (Fsp3) is 0.667. The van der Waals surface area contributed by atoms with Gasteiger partial charge in [0.1, 0.15) is 0 Å². The highest BCUT2D eigenvalue weighted by molar-refractivity contribution is 7.11. The molecule has 2 N–H and O–H groups in total. The SMILES string of the molecule is CCC(N)Cc1sc(C)nc1C. The molecule has 2 nitrogen and oxygen atoms in total. The molecule has 12 heavy (non-hydrogen) atoms. The van der Waals surface area contributed by atoms with Gasteiger partial charge < -0.3 is 5.73 Å². The van der Waals surface area contributed by atoms with Crippen LogP contribution in [0.2, 0.25) is 0 Å². The average Bonchev–Trinajstić information content (AvgIpc) is 2.30. The minimum Gasteiger partial charge on any atom is -0.327 e. The zero-order valence-corrected chi connectivity index (χ0v) is 8.74. The number of hydrogen-bond donors (Lipinski definition) is 1. The number of nitrogens with two attached hydrogens (primary N) is 1. The molecule has 0 saturated heterocycles. The number of aromatic nitrogens is 1. The molecule has 0 spiro atoms. The summed E-state index contributed by atoms with van der Waals surface area (Å²) in [7, 11) is 0. The van der Waals surface area contributed by atoms with Crippen LogP contribution in [-0.4, -0.2) is 11.0 Å². The molecule has 0 aliphatic heterocycles. The van der Waals surface area contributed by atoms with Gasteiger partial charge in [0, 0.05) is 10.9 Å². The van der Waals surface area contributed by atoms with Crippen molar-refractivity contribution in [2.75, 3.05) is 0 Å². The molecule has 1 aromatic rings. The second-order valence-corrected chi connectivity index (χ2v) is 4.40. The lowest BCUT2D eigenvalue weighted by molar-refractivity contribution is 0.649. The zero-order valence-electron chi connectivity index (χ0n) is 7.92. The molecule has 68 valence electrons. The van der Waals surface area contributed by atoms with E-state index in [4.69, 9.17) is 5.73 Å². The van der Waals surface area contributed by atoms with Crippen molar-refractivity contribution in [3.8, 4) is 0 Å². The van der Waals surface area contributed by atoms with Crippen molar-refractivity contribution in [1.29, 1.82) is 0 Å². The third kappa shape index (κ3) is 2.29. The quantitative estimate of drug-likeness (QED) is 0.780. The monoisotopic (exact) mass is 184 g/mol. The van der Waals surface area contributed by atoms with E-state index in [-0.39, 0.29) is 0 Å². The Hall–Kier alpha value is -0.410. The van der Waals surface area contributed by atoms with Crippen LogP contribution in [0.3, 0.4) is 0 Å². The molecule has 0 bridgehead atoms. The highest BCUT2D eigenvalue weighted by atomic mass is 32.1. The van der Waals surface area contributed by atoms with Gasteiger partial charge in [0.05, 0.1) is 10.7 Å². The Bertz CT molecular complexity index is 255. The van der Waals surface area contributed by atoms with E-state index in [1.165, 1.54) is 4.88 Å². The van der Waals surface area contributed by atoms with Crippen molar-refractivity contribution >= 4 is 11.3 Å². The van der Waals surface area contributed by atoms with Gasteiger partial charge >= 0.3 is 0 Å². The van der Waals surface area contributed by atoms with Crippen molar-refractivity contribution in [3.05, 3.63) is 15.6 Å². The van der Waals surface area contributed by atoms with Crippen LogP contribution < -0.4 is 5.73 Å². The van der Waals surface area contributed by atoms with E-state index in [0.29, 0.717) is 6.04 Å². The van der Waals surface area contributed by atoms with E-state index in [1.807, 2.05) is 6.92 Å². The molecule has 1 unspecified atom stereocenters. The summed E-state index contributed by atoms with van der Waals surface area (Å²) >= 11 is 1.77. The maximum absolute atomic E-state index is 5.86. The molecule has 0 saturated carbocycles. The molecule has 3 heteroatoms. The Morgan fingerprint density at radius 1 is 1.50 bits per heavy atom. The minimum atomic E-state index is 0.295.